The van der Waals surface area contributed by atoms with Gasteiger partial charge in [0.2, 0.25) is 0 Å². The molecule has 0 bridgehead atoms. The van der Waals surface area contributed by atoms with Crippen LogP contribution in [-0.2, 0) is 16.1 Å². The second-order valence-corrected chi connectivity index (χ2v) is 4.74. The minimum atomic E-state index is -0.599. The summed E-state index contributed by atoms with van der Waals surface area (Å²) in [6, 6.07) is 11.4. The summed E-state index contributed by atoms with van der Waals surface area (Å²) in [5, 5.41) is 9.84. The molecular formula is C17H16O5. The van der Waals surface area contributed by atoms with Crippen LogP contribution in [0.1, 0.15) is 31.8 Å². The normalized spacial score (nSPS) is 10.1. The molecule has 0 aliphatic carbocycles. The molecule has 0 atom stereocenters. The number of hydrogen-bond acceptors (Lipinski definition) is 5. The first-order valence-electron chi connectivity index (χ1n) is 6.66. The van der Waals surface area contributed by atoms with Crippen molar-refractivity contribution in [3.63, 3.8) is 0 Å². The van der Waals surface area contributed by atoms with E-state index in [0.717, 1.165) is 5.56 Å². The van der Waals surface area contributed by atoms with Gasteiger partial charge in [-0.25, -0.2) is 9.59 Å². The molecule has 114 valence electrons. The lowest BCUT2D eigenvalue weighted by atomic mass is 10.1. The van der Waals surface area contributed by atoms with E-state index in [1.807, 2.05) is 0 Å². The summed E-state index contributed by atoms with van der Waals surface area (Å²) in [5.41, 5.74) is 1.89. The van der Waals surface area contributed by atoms with Crippen LogP contribution in [0.5, 0.6) is 5.75 Å². The van der Waals surface area contributed by atoms with Crippen molar-refractivity contribution in [2.75, 3.05) is 7.11 Å². The van der Waals surface area contributed by atoms with Gasteiger partial charge in [-0.05, 0) is 36.2 Å². The third-order valence-electron chi connectivity index (χ3n) is 3.20. The van der Waals surface area contributed by atoms with Crippen molar-refractivity contribution in [2.45, 2.75) is 13.5 Å². The van der Waals surface area contributed by atoms with E-state index in [-0.39, 0.29) is 17.9 Å². The highest BCUT2D eigenvalue weighted by molar-refractivity contribution is 5.92. The van der Waals surface area contributed by atoms with Gasteiger partial charge in [-0.3, -0.25) is 0 Å². The van der Waals surface area contributed by atoms with Gasteiger partial charge >= 0.3 is 11.9 Å². The summed E-state index contributed by atoms with van der Waals surface area (Å²) in [7, 11) is 1.31. The number of ether oxygens (including phenoxy) is 2. The number of phenols is 1. The SMILES string of the molecule is COC(=O)c1ccc(COC(=O)c2cccc(C)c2O)cc1. The maximum Gasteiger partial charge on any atom is 0.342 e. The van der Waals surface area contributed by atoms with Gasteiger partial charge in [0.25, 0.3) is 0 Å². The Kier molecular flexibility index (Phi) is 4.78. The van der Waals surface area contributed by atoms with Crippen LogP contribution in [0.3, 0.4) is 0 Å². The van der Waals surface area contributed by atoms with Crippen molar-refractivity contribution in [3.05, 3.63) is 64.7 Å². The minimum Gasteiger partial charge on any atom is -0.507 e. The standard InChI is InChI=1S/C17H16O5/c1-11-4-3-5-14(15(11)18)17(20)22-10-12-6-8-13(9-7-12)16(19)21-2/h3-9,18H,10H2,1-2H3. The van der Waals surface area contributed by atoms with Gasteiger partial charge in [-0.2, -0.15) is 0 Å². The van der Waals surface area contributed by atoms with Crippen molar-refractivity contribution in [1.29, 1.82) is 0 Å². The summed E-state index contributed by atoms with van der Waals surface area (Å²) >= 11 is 0. The minimum absolute atomic E-state index is 0.0493. The second kappa shape index (κ2) is 6.76. The van der Waals surface area contributed by atoms with Crippen LogP contribution in [-0.4, -0.2) is 24.2 Å². The van der Waals surface area contributed by atoms with Crippen LogP contribution in [0.15, 0.2) is 42.5 Å². The van der Waals surface area contributed by atoms with Crippen LogP contribution < -0.4 is 0 Å². The number of hydrogen-bond donors (Lipinski definition) is 1. The van der Waals surface area contributed by atoms with Crippen molar-refractivity contribution >= 4 is 11.9 Å². The number of aryl methyl sites for hydroxylation is 1. The van der Waals surface area contributed by atoms with Gasteiger partial charge in [0, 0.05) is 0 Å². The van der Waals surface area contributed by atoms with E-state index < -0.39 is 11.9 Å². The van der Waals surface area contributed by atoms with Gasteiger partial charge < -0.3 is 14.6 Å². The molecule has 0 aliphatic rings. The molecule has 0 spiro atoms. The average molecular weight is 300 g/mol. The third-order valence-corrected chi connectivity index (χ3v) is 3.20. The lowest BCUT2D eigenvalue weighted by Gasteiger charge is -2.08. The maximum atomic E-state index is 12.0. The second-order valence-electron chi connectivity index (χ2n) is 4.74. The van der Waals surface area contributed by atoms with Gasteiger partial charge in [0.15, 0.2) is 0 Å². The van der Waals surface area contributed by atoms with Crippen LogP contribution >= 0.6 is 0 Å². The molecule has 0 aromatic heterocycles. The third kappa shape index (κ3) is 3.44. The number of carbonyl (C=O) groups excluding carboxylic acids is 2. The number of phenolic OH excluding ortho intramolecular Hbond substituents is 1. The molecule has 0 fully saturated rings. The zero-order chi connectivity index (χ0) is 16.1. The average Bonchev–Trinajstić information content (AvgIpc) is 2.55. The Balaban J connectivity index is 2.02. The Morgan fingerprint density at radius 2 is 1.73 bits per heavy atom. The van der Waals surface area contributed by atoms with E-state index in [2.05, 4.69) is 4.74 Å². The Hall–Kier alpha value is -2.82. The fraction of sp³-hybridized carbons (Fsp3) is 0.176. The van der Waals surface area contributed by atoms with E-state index in [0.29, 0.717) is 11.1 Å². The van der Waals surface area contributed by atoms with E-state index in [1.54, 1.807) is 43.3 Å². The molecule has 1 N–H and O–H groups in total. The van der Waals surface area contributed by atoms with Crippen molar-refractivity contribution in [3.8, 4) is 5.75 Å². The van der Waals surface area contributed by atoms with Crippen molar-refractivity contribution in [1.82, 2.24) is 0 Å². The fourth-order valence-electron chi connectivity index (χ4n) is 1.91. The Labute approximate surface area is 128 Å². The molecule has 0 saturated carbocycles. The fourth-order valence-corrected chi connectivity index (χ4v) is 1.91. The van der Waals surface area contributed by atoms with E-state index in [9.17, 15) is 14.7 Å². The smallest absolute Gasteiger partial charge is 0.342 e. The number of esters is 2. The maximum absolute atomic E-state index is 12.0. The summed E-state index contributed by atoms with van der Waals surface area (Å²) in [4.78, 5) is 23.3. The van der Waals surface area contributed by atoms with Crippen molar-refractivity contribution < 1.29 is 24.2 Å². The largest absolute Gasteiger partial charge is 0.507 e. The predicted molar refractivity (Wildman–Crippen MR) is 79.7 cm³/mol. The topological polar surface area (TPSA) is 72.8 Å². The molecule has 2 aromatic carbocycles. The zero-order valence-corrected chi connectivity index (χ0v) is 12.3. The van der Waals surface area contributed by atoms with Gasteiger partial charge in [-0.15, -0.1) is 0 Å². The van der Waals surface area contributed by atoms with Gasteiger partial charge in [0.1, 0.15) is 17.9 Å². The zero-order valence-electron chi connectivity index (χ0n) is 12.3. The molecule has 0 saturated heterocycles. The Morgan fingerprint density at radius 1 is 1.05 bits per heavy atom. The van der Waals surface area contributed by atoms with Crippen LogP contribution in [0.25, 0.3) is 0 Å². The van der Waals surface area contributed by atoms with Crippen LogP contribution in [0.2, 0.25) is 0 Å². The number of rotatable bonds is 4. The van der Waals surface area contributed by atoms with Crippen LogP contribution in [0, 0.1) is 6.92 Å². The molecule has 5 heteroatoms. The van der Waals surface area contributed by atoms with Crippen LogP contribution in [0.4, 0.5) is 0 Å². The molecule has 0 heterocycles. The van der Waals surface area contributed by atoms with E-state index in [1.165, 1.54) is 13.2 Å². The molecule has 0 unspecified atom stereocenters. The first kappa shape index (κ1) is 15.6. The highest BCUT2D eigenvalue weighted by atomic mass is 16.5. The first-order valence-corrected chi connectivity index (χ1v) is 6.66. The molecule has 5 nitrogen and oxygen atoms in total. The highest BCUT2D eigenvalue weighted by Crippen LogP contribution is 2.22. The quantitative estimate of drug-likeness (QED) is 0.879. The lowest BCUT2D eigenvalue weighted by molar-refractivity contribution is 0.0468. The predicted octanol–water partition coefficient (Wildman–Crippen LogP) is 2.84. The Morgan fingerprint density at radius 3 is 2.36 bits per heavy atom. The highest BCUT2D eigenvalue weighted by Gasteiger charge is 2.14. The van der Waals surface area contributed by atoms with E-state index in [4.69, 9.17) is 4.74 Å². The number of para-hydroxylation sites is 1. The number of aromatic hydroxyl groups is 1. The van der Waals surface area contributed by atoms with Gasteiger partial charge in [0.05, 0.1) is 12.7 Å². The molecular weight excluding hydrogens is 284 g/mol. The number of methoxy groups -OCH3 is 1. The first-order chi connectivity index (χ1) is 10.5. The number of benzene rings is 2. The molecule has 0 aliphatic heterocycles. The molecule has 2 rings (SSSR count). The van der Waals surface area contributed by atoms with Crippen molar-refractivity contribution in [2.24, 2.45) is 0 Å². The monoisotopic (exact) mass is 300 g/mol. The summed E-state index contributed by atoms with van der Waals surface area (Å²) < 4.78 is 9.77. The molecule has 2 aromatic rings. The molecule has 0 amide bonds. The molecule has 0 radical (unpaired) electrons. The summed E-state index contributed by atoms with van der Waals surface area (Å²) in [6.45, 7) is 1.76. The summed E-state index contributed by atoms with van der Waals surface area (Å²) in [6.07, 6.45) is 0. The summed E-state index contributed by atoms with van der Waals surface area (Å²) in [5.74, 6) is -1.10. The molecule has 22 heavy (non-hydrogen) atoms. The van der Waals surface area contributed by atoms with Gasteiger partial charge in [-0.1, -0.05) is 24.3 Å². The number of carbonyl (C=O) groups is 2. The Bertz CT molecular complexity index is 689. The van der Waals surface area contributed by atoms with E-state index >= 15 is 0 Å². The lowest BCUT2D eigenvalue weighted by Crippen LogP contribution is -2.06.